The van der Waals surface area contributed by atoms with Crippen LogP contribution >= 0.6 is 0 Å². The van der Waals surface area contributed by atoms with Gasteiger partial charge >= 0.3 is 5.97 Å². The average Bonchev–Trinajstić information content (AvgIpc) is 2.66. The quantitative estimate of drug-likeness (QED) is 0.889. The second kappa shape index (κ2) is 5.10. The summed E-state index contributed by atoms with van der Waals surface area (Å²) in [6.07, 6.45) is 3.88. The minimum Gasteiger partial charge on any atom is -0.478 e. The Morgan fingerprint density at radius 2 is 2.22 bits per heavy atom. The molecule has 2 unspecified atom stereocenters. The number of nitrogens with zero attached hydrogens (tertiary/aromatic N) is 3. The molecule has 5 heteroatoms. The highest BCUT2D eigenvalue weighted by molar-refractivity contribution is 5.88. The first-order valence-electron chi connectivity index (χ1n) is 6.47. The van der Waals surface area contributed by atoms with Crippen molar-refractivity contribution in [1.29, 1.82) is 0 Å². The summed E-state index contributed by atoms with van der Waals surface area (Å²) in [4.78, 5) is 13.5. The first kappa shape index (κ1) is 13.1. The second-order valence-corrected chi connectivity index (χ2v) is 5.39. The molecule has 1 fully saturated rings. The molecule has 1 aromatic heterocycles. The van der Waals surface area contributed by atoms with Crippen LogP contribution in [-0.2, 0) is 13.6 Å². The number of carbonyl (C=O) groups is 1. The van der Waals surface area contributed by atoms with Crippen LogP contribution in [0.5, 0.6) is 0 Å². The van der Waals surface area contributed by atoms with E-state index in [1.54, 1.807) is 11.7 Å². The summed E-state index contributed by atoms with van der Waals surface area (Å²) in [5, 5.41) is 13.2. The largest absolute Gasteiger partial charge is 0.478 e. The number of likely N-dealkylation sites (tertiary alicyclic amines) is 1. The molecule has 2 atom stereocenters. The fraction of sp³-hybridized carbons (Fsp3) is 0.692. The van der Waals surface area contributed by atoms with Crippen LogP contribution in [0.15, 0.2) is 6.20 Å². The van der Waals surface area contributed by atoms with E-state index in [-0.39, 0.29) is 0 Å². The number of carboxylic acid groups (broad SMARTS) is 1. The van der Waals surface area contributed by atoms with Gasteiger partial charge < -0.3 is 5.11 Å². The third-order valence-electron chi connectivity index (χ3n) is 3.89. The second-order valence-electron chi connectivity index (χ2n) is 5.39. The molecule has 0 bridgehead atoms. The fourth-order valence-corrected chi connectivity index (χ4v) is 2.62. The topological polar surface area (TPSA) is 58.4 Å². The van der Waals surface area contributed by atoms with Crippen molar-refractivity contribution in [2.75, 3.05) is 6.54 Å². The SMILES string of the molecule is CC1CCC(C)N(Cc2c(C(=O)O)cnn2C)C1. The monoisotopic (exact) mass is 251 g/mol. The average molecular weight is 251 g/mol. The van der Waals surface area contributed by atoms with Gasteiger partial charge in [-0.15, -0.1) is 0 Å². The molecule has 0 spiro atoms. The van der Waals surface area contributed by atoms with Crippen molar-refractivity contribution < 1.29 is 9.90 Å². The van der Waals surface area contributed by atoms with Gasteiger partial charge in [-0.1, -0.05) is 6.92 Å². The van der Waals surface area contributed by atoms with Gasteiger partial charge in [-0.2, -0.15) is 5.10 Å². The minimum atomic E-state index is -0.893. The van der Waals surface area contributed by atoms with E-state index < -0.39 is 5.97 Å². The van der Waals surface area contributed by atoms with E-state index in [2.05, 4.69) is 23.8 Å². The molecule has 0 radical (unpaired) electrons. The molecule has 1 aliphatic heterocycles. The Bertz CT molecular complexity index is 441. The number of rotatable bonds is 3. The van der Waals surface area contributed by atoms with Crippen molar-refractivity contribution >= 4 is 5.97 Å². The Morgan fingerprint density at radius 3 is 2.89 bits per heavy atom. The number of aromatic carboxylic acids is 1. The highest BCUT2D eigenvalue weighted by atomic mass is 16.4. The summed E-state index contributed by atoms with van der Waals surface area (Å²) in [6, 6.07) is 0.512. The van der Waals surface area contributed by atoms with Crippen molar-refractivity contribution in [3.8, 4) is 0 Å². The smallest absolute Gasteiger partial charge is 0.339 e. The predicted molar refractivity (Wildman–Crippen MR) is 68.4 cm³/mol. The summed E-state index contributed by atoms with van der Waals surface area (Å²) in [7, 11) is 1.81. The number of aromatic nitrogens is 2. The van der Waals surface area contributed by atoms with Gasteiger partial charge in [0.05, 0.1) is 11.9 Å². The number of hydrogen-bond acceptors (Lipinski definition) is 3. The Morgan fingerprint density at radius 1 is 1.50 bits per heavy atom. The van der Waals surface area contributed by atoms with E-state index in [0.717, 1.165) is 12.2 Å². The zero-order chi connectivity index (χ0) is 13.3. The van der Waals surface area contributed by atoms with Crippen LogP contribution < -0.4 is 0 Å². The summed E-state index contributed by atoms with van der Waals surface area (Å²) < 4.78 is 1.68. The fourth-order valence-electron chi connectivity index (χ4n) is 2.62. The van der Waals surface area contributed by atoms with E-state index in [0.29, 0.717) is 24.1 Å². The van der Waals surface area contributed by atoms with Gasteiger partial charge in [0.15, 0.2) is 0 Å². The Labute approximate surface area is 107 Å². The summed E-state index contributed by atoms with van der Waals surface area (Å²) in [5.74, 6) is -0.210. The molecule has 0 saturated carbocycles. The molecule has 1 aromatic rings. The van der Waals surface area contributed by atoms with E-state index in [4.69, 9.17) is 5.11 Å². The highest BCUT2D eigenvalue weighted by Gasteiger charge is 2.25. The minimum absolute atomic E-state index is 0.322. The zero-order valence-electron chi connectivity index (χ0n) is 11.3. The maximum atomic E-state index is 11.2. The highest BCUT2D eigenvalue weighted by Crippen LogP contribution is 2.24. The maximum absolute atomic E-state index is 11.2. The van der Waals surface area contributed by atoms with Crippen LogP contribution in [0.25, 0.3) is 0 Å². The number of hydrogen-bond donors (Lipinski definition) is 1. The van der Waals surface area contributed by atoms with Gasteiger partial charge in [0.2, 0.25) is 0 Å². The van der Waals surface area contributed by atoms with Crippen molar-refractivity contribution in [3.63, 3.8) is 0 Å². The van der Waals surface area contributed by atoms with Gasteiger partial charge in [0, 0.05) is 26.2 Å². The molecular formula is C13H21N3O2. The zero-order valence-corrected chi connectivity index (χ0v) is 11.3. The Hall–Kier alpha value is -1.36. The van der Waals surface area contributed by atoms with Crippen LogP contribution in [-0.4, -0.2) is 38.3 Å². The maximum Gasteiger partial charge on any atom is 0.339 e. The number of aryl methyl sites for hydroxylation is 1. The summed E-state index contributed by atoms with van der Waals surface area (Å²) in [5.41, 5.74) is 1.12. The number of piperidine rings is 1. The lowest BCUT2D eigenvalue weighted by Crippen LogP contribution is -2.41. The first-order valence-corrected chi connectivity index (χ1v) is 6.47. The normalized spacial score (nSPS) is 25.3. The lowest BCUT2D eigenvalue weighted by atomic mass is 9.95. The van der Waals surface area contributed by atoms with Crippen molar-refractivity contribution in [2.24, 2.45) is 13.0 Å². The summed E-state index contributed by atoms with van der Waals surface area (Å²) >= 11 is 0. The van der Waals surface area contributed by atoms with Gasteiger partial charge in [0.25, 0.3) is 0 Å². The van der Waals surface area contributed by atoms with Crippen LogP contribution in [0.4, 0.5) is 0 Å². The van der Waals surface area contributed by atoms with Crippen molar-refractivity contribution in [1.82, 2.24) is 14.7 Å². The van der Waals surface area contributed by atoms with Crippen LogP contribution in [0.1, 0.15) is 42.7 Å². The summed E-state index contributed by atoms with van der Waals surface area (Å²) in [6.45, 7) is 6.16. The molecule has 1 aliphatic rings. The van der Waals surface area contributed by atoms with E-state index in [1.807, 2.05) is 0 Å². The van der Waals surface area contributed by atoms with Gasteiger partial charge in [-0.25, -0.2) is 4.79 Å². The Kier molecular flexibility index (Phi) is 3.71. The van der Waals surface area contributed by atoms with Crippen LogP contribution in [0.2, 0.25) is 0 Å². The van der Waals surface area contributed by atoms with Gasteiger partial charge in [-0.3, -0.25) is 9.58 Å². The standard InChI is InChI=1S/C13H21N3O2/c1-9-4-5-10(2)16(7-9)8-12-11(13(17)18)6-14-15(12)3/h6,9-10H,4-5,7-8H2,1-3H3,(H,17,18). The predicted octanol–water partition coefficient (Wildman–Crippen LogP) is 1.74. The van der Waals surface area contributed by atoms with Gasteiger partial charge in [0.1, 0.15) is 5.56 Å². The van der Waals surface area contributed by atoms with E-state index >= 15 is 0 Å². The lowest BCUT2D eigenvalue weighted by molar-refractivity contribution is 0.0690. The third-order valence-corrected chi connectivity index (χ3v) is 3.89. The number of carboxylic acids is 1. The molecule has 5 nitrogen and oxygen atoms in total. The Balaban J connectivity index is 2.17. The van der Waals surface area contributed by atoms with Crippen LogP contribution in [0, 0.1) is 5.92 Å². The molecule has 18 heavy (non-hydrogen) atoms. The van der Waals surface area contributed by atoms with E-state index in [1.165, 1.54) is 19.0 Å². The molecule has 1 N–H and O–H groups in total. The van der Waals surface area contributed by atoms with Crippen molar-refractivity contribution in [3.05, 3.63) is 17.5 Å². The molecule has 0 aromatic carbocycles. The van der Waals surface area contributed by atoms with Gasteiger partial charge in [-0.05, 0) is 25.7 Å². The van der Waals surface area contributed by atoms with Crippen molar-refractivity contribution in [2.45, 2.75) is 39.3 Å². The molecule has 2 heterocycles. The lowest BCUT2D eigenvalue weighted by Gasteiger charge is -2.36. The molecule has 0 aliphatic carbocycles. The molecule has 1 saturated heterocycles. The molecule has 2 rings (SSSR count). The third kappa shape index (κ3) is 2.56. The molecule has 100 valence electrons. The first-order chi connectivity index (χ1) is 8.49. The molecular weight excluding hydrogens is 230 g/mol. The van der Waals surface area contributed by atoms with Crippen LogP contribution in [0.3, 0.4) is 0 Å². The van der Waals surface area contributed by atoms with E-state index in [9.17, 15) is 4.79 Å². The molecule has 0 amide bonds.